The lowest BCUT2D eigenvalue weighted by atomic mass is 10.1. The molecular formula is C22H24N2O4. The number of rotatable bonds is 7. The van der Waals surface area contributed by atoms with Crippen LogP contribution in [-0.4, -0.2) is 24.5 Å². The Bertz CT molecular complexity index is 893. The first-order valence-electron chi connectivity index (χ1n) is 9.27. The SMILES string of the molecule is CCOc1cc2c(cc1/C=C/C(=O)NC(C(N)=O)c1ccccc1)OC(C)C2. The summed E-state index contributed by atoms with van der Waals surface area (Å²) in [6.45, 7) is 4.43. The smallest absolute Gasteiger partial charge is 0.244 e. The van der Waals surface area contributed by atoms with Gasteiger partial charge in [-0.05, 0) is 37.6 Å². The minimum absolute atomic E-state index is 0.120. The molecule has 146 valence electrons. The van der Waals surface area contributed by atoms with Crippen molar-refractivity contribution in [3.05, 3.63) is 65.2 Å². The van der Waals surface area contributed by atoms with Crippen LogP contribution in [0.1, 0.15) is 36.6 Å². The highest BCUT2D eigenvalue weighted by atomic mass is 16.5. The van der Waals surface area contributed by atoms with E-state index < -0.39 is 17.9 Å². The number of amides is 2. The summed E-state index contributed by atoms with van der Waals surface area (Å²) < 4.78 is 11.5. The standard InChI is InChI=1S/C22H24N2O4/c1-3-27-18-13-17-11-14(2)28-19(17)12-16(18)9-10-20(25)24-21(22(23)26)15-7-5-4-6-8-15/h4-10,12-14,21H,3,11H2,1-2H3,(H2,23,26)(H,24,25)/b10-9+. The summed E-state index contributed by atoms with van der Waals surface area (Å²) in [5, 5.41) is 2.64. The van der Waals surface area contributed by atoms with Crippen molar-refractivity contribution in [2.75, 3.05) is 6.61 Å². The van der Waals surface area contributed by atoms with Gasteiger partial charge in [0.05, 0.1) is 6.61 Å². The van der Waals surface area contributed by atoms with Gasteiger partial charge in [-0.3, -0.25) is 9.59 Å². The Morgan fingerprint density at radius 2 is 2.07 bits per heavy atom. The van der Waals surface area contributed by atoms with E-state index in [2.05, 4.69) is 5.32 Å². The summed E-state index contributed by atoms with van der Waals surface area (Å²) in [5.41, 5.74) is 7.91. The molecule has 2 aromatic carbocycles. The number of nitrogens with two attached hydrogens (primary N) is 1. The van der Waals surface area contributed by atoms with Gasteiger partial charge < -0.3 is 20.5 Å². The summed E-state index contributed by atoms with van der Waals surface area (Å²) in [6.07, 6.45) is 3.96. The summed E-state index contributed by atoms with van der Waals surface area (Å²) in [7, 11) is 0. The summed E-state index contributed by atoms with van der Waals surface area (Å²) >= 11 is 0. The van der Waals surface area contributed by atoms with Crippen LogP contribution in [0.5, 0.6) is 11.5 Å². The third-order valence-corrected chi connectivity index (χ3v) is 4.45. The second-order valence-corrected chi connectivity index (χ2v) is 6.65. The maximum Gasteiger partial charge on any atom is 0.244 e. The van der Waals surface area contributed by atoms with E-state index in [4.69, 9.17) is 15.2 Å². The second kappa shape index (κ2) is 8.61. The predicted octanol–water partition coefficient (Wildman–Crippen LogP) is 2.76. The zero-order chi connectivity index (χ0) is 20.1. The molecule has 0 fully saturated rings. The van der Waals surface area contributed by atoms with Crippen LogP contribution >= 0.6 is 0 Å². The van der Waals surface area contributed by atoms with Crippen LogP contribution in [0.15, 0.2) is 48.5 Å². The van der Waals surface area contributed by atoms with Crippen LogP contribution < -0.4 is 20.5 Å². The van der Waals surface area contributed by atoms with Crippen molar-refractivity contribution in [1.29, 1.82) is 0 Å². The normalized spacial score (nSPS) is 16.3. The first-order valence-corrected chi connectivity index (χ1v) is 9.27. The fraction of sp³-hybridized carbons (Fsp3) is 0.273. The molecule has 0 aromatic heterocycles. The fourth-order valence-electron chi connectivity index (χ4n) is 3.19. The number of ether oxygens (including phenoxy) is 2. The lowest BCUT2D eigenvalue weighted by Crippen LogP contribution is -2.36. The molecule has 2 unspecified atom stereocenters. The van der Waals surface area contributed by atoms with Crippen LogP contribution in [0.4, 0.5) is 0 Å². The van der Waals surface area contributed by atoms with Gasteiger partial charge in [-0.15, -0.1) is 0 Å². The average molecular weight is 380 g/mol. The molecule has 0 bridgehead atoms. The quantitative estimate of drug-likeness (QED) is 0.723. The van der Waals surface area contributed by atoms with E-state index in [-0.39, 0.29) is 6.10 Å². The van der Waals surface area contributed by atoms with Gasteiger partial charge in [-0.25, -0.2) is 0 Å². The molecule has 3 rings (SSSR count). The second-order valence-electron chi connectivity index (χ2n) is 6.65. The van der Waals surface area contributed by atoms with Crippen molar-refractivity contribution in [1.82, 2.24) is 5.32 Å². The third-order valence-electron chi connectivity index (χ3n) is 4.45. The molecule has 2 amide bonds. The molecular weight excluding hydrogens is 356 g/mol. The number of carbonyl (C=O) groups excluding carboxylic acids is 2. The lowest BCUT2D eigenvalue weighted by molar-refractivity contribution is -0.125. The highest BCUT2D eigenvalue weighted by Crippen LogP contribution is 2.35. The highest BCUT2D eigenvalue weighted by Gasteiger charge is 2.22. The minimum Gasteiger partial charge on any atom is -0.493 e. The van der Waals surface area contributed by atoms with Gasteiger partial charge in [0.25, 0.3) is 0 Å². The number of primary amides is 1. The van der Waals surface area contributed by atoms with Crippen LogP contribution in [-0.2, 0) is 16.0 Å². The van der Waals surface area contributed by atoms with Gasteiger partial charge in [-0.1, -0.05) is 30.3 Å². The van der Waals surface area contributed by atoms with Crippen LogP contribution in [0, 0.1) is 0 Å². The van der Waals surface area contributed by atoms with Crippen molar-refractivity contribution >= 4 is 17.9 Å². The monoisotopic (exact) mass is 380 g/mol. The predicted molar refractivity (Wildman–Crippen MR) is 107 cm³/mol. The molecule has 28 heavy (non-hydrogen) atoms. The van der Waals surface area contributed by atoms with Crippen LogP contribution in [0.3, 0.4) is 0 Å². The maximum absolute atomic E-state index is 12.4. The minimum atomic E-state index is -0.895. The van der Waals surface area contributed by atoms with Crippen molar-refractivity contribution in [3.8, 4) is 11.5 Å². The van der Waals surface area contributed by atoms with Gasteiger partial charge in [0, 0.05) is 23.6 Å². The topological polar surface area (TPSA) is 90.6 Å². The number of fused-ring (bicyclic) bond motifs is 1. The first-order chi connectivity index (χ1) is 13.5. The van der Waals surface area contributed by atoms with E-state index in [0.717, 1.165) is 23.3 Å². The van der Waals surface area contributed by atoms with Gasteiger partial charge in [0.1, 0.15) is 23.6 Å². The Hall–Kier alpha value is -3.28. The van der Waals surface area contributed by atoms with E-state index in [1.807, 2.05) is 32.0 Å². The number of nitrogens with one attached hydrogen (secondary N) is 1. The summed E-state index contributed by atoms with van der Waals surface area (Å²) in [6, 6.07) is 11.8. The van der Waals surface area contributed by atoms with Crippen molar-refractivity contribution in [3.63, 3.8) is 0 Å². The van der Waals surface area contributed by atoms with Gasteiger partial charge >= 0.3 is 0 Å². The molecule has 6 heteroatoms. The van der Waals surface area contributed by atoms with Gasteiger partial charge in [0.2, 0.25) is 11.8 Å². The van der Waals surface area contributed by atoms with Crippen molar-refractivity contribution in [2.45, 2.75) is 32.4 Å². The Morgan fingerprint density at radius 3 is 2.75 bits per heavy atom. The Morgan fingerprint density at radius 1 is 1.32 bits per heavy atom. The molecule has 2 atom stereocenters. The van der Waals surface area contributed by atoms with Crippen molar-refractivity contribution in [2.24, 2.45) is 5.73 Å². The number of carbonyl (C=O) groups is 2. The summed E-state index contributed by atoms with van der Waals surface area (Å²) in [4.78, 5) is 24.1. The summed E-state index contributed by atoms with van der Waals surface area (Å²) in [5.74, 6) is 0.445. The van der Waals surface area contributed by atoms with E-state index in [9.17, 15) is 9.59 Å². The molecule has 0 aliphatic carbocycles. The molecule has 0 saturated heterocycles. The lowest BCUT2D eigenvalue weighted by Gasteiger charge is -2.14. The van der Waals surface area contributed by atoms with E-state index in [1.54, 1.807) is 30.3 Å². The molecule has 2 aromatic rings. The van der Waals surface area contributed by atoms with Gasteiger partial charge in [-0.2, -0.15) is 0 Å². The Balaban J connectivity index is 1.78. The first kappa shape index (κ1) is 19.5. The molecule has 3 N–H and O–H groups in total. The fourth-order valence-corrected chi connectivity index (χ4v) is 3.19. The van der Waals surface area contributed by atoms with Crippen LogP contribution in [0.25, 0.3) is 6.08 Å². The third kappa shape index (κ3) is 4.52. The average Bonchev–Trinajstić information content (AvgIpc) is 3.03. The number of benzene rings is 2. The van der Waals surface area contributed by atoms with E-state index in [0.29, 0.717) is 17.9 Å². The van der Waals surface area contributed by atoms with Crippen molar-refractivity contribution < 1.29 is 19.1 Å². The van der Waals surface area contributed by atoms with E-state index in [1.165, 1.54) is 6.08 Å². The van der Waals surface area contributed by atoms with Gasteiger partial charge in [0.15, 0.2) is 0 Å². The molecule has 0 spiro atoms. The largest absolute Gasteiger partial charge is 0.493 e. The Labute approximate surface area is 164 Å². The molecule has 1 heterocycles. The molecule has 1 aliphatic rings. The number of hydrogen-bond acceptors (Lipinski definition) is 4. The molecule has 0 radical (unpaired) electrons. The molecule has 0 saturated carbocycles. The molecule has 1 aliphatic heterocycles. The Kier molecular flexibility index (Phi) is 5.99. The highest BCUT2D eigenvalue weighted by molar-refractivity contribution is 5.96. The maximum atomic E-state index is 12.4. The zero-order valence-corrected chi connectivity index (χ0v) is 16.0. The number of hydrogen-bond donors (Lipinski definition) is 2. The van der Waals surface area contributed by atoms with Crippen LogP contribution in [0.2, 0.25) is 0 Å². The van der Waals surface area contributed by atoms with E-state index >= 15 is 0 Å². The molecule has 6 nitrogen and oxygen atoms in total. The zero-order valence-electron chi connectivity index (χ0n) is 16.0.